The molecule has 0 saturated carbocycles. The molecule has 29 heavy (non-hydrogen) atoms. The quantitative estimate of drug-likeness (QED) is 0.460. The molecule has 4 aromatic rings. The number of benzene rings is 2. The molecule has 1 unspecified atom stereocenters. The first-order valence-electron chi connectivity index (χ1n) is 9.90. The number of fused-ring (bicyclic) bond motifs is 1. The molecule has 0 saturated heterocycles. The van der Waals surface area contributed by atoms with Crippen LogP contribution in [0.15, 0.2) is 84.1 Å². The number of rotatable bonds is 3. The van der Waals surface area contributed by atoms with Crippen LogP contribution in [-0.2, 0) is 0 Å². The Morgan fingerprint density at radius 3 is 2.28 bits per heavy atom. The first-order valence-corrected chi connectivity index (χ1v) is 9.90. The van der Waals surface area contributed by atoms with Gasteiger partial charge in [0.25, 0.3) is 0 Å². The van der Waals surface area contributed by atoms with Crippen LogP contribution in [-0.4, -0.2) is 20.5 Å². The van der Waals surface area contributed by atoms with E-state index in [1.54, 1.807) is 0 Å². The van der Waals surface area contributed by atoms with Crippen molar-refractivity contribution in [1.82, 2.24) is 14.8 Å². The smallest absolute Gasteiger partial charge is 0.159 e. The van der Waals surface area contributed by atoms with Crippen molar-refractivity contribution in [3.8, 4) is 11.1 Å². The molecule has 5 rings (SSSR count). The van der Waals surface area contributed by atoms with Crippen molar-refractivity contribution in [1.29, 1.82) is 0 Å². The molecule has 4 nitrogen and oxygen atoms in total. The zero-order valence-electron chi connectivity index (χ0n) is 16.6. The van der Waals surface area contributed by atoms with E-state index in [0.29, 0.717) is 0 Å². The van der Waals surface area contributed by atoms with E-state index < -0.39 is 0 Å². The van der Waals surface area contributed by atoms with E-state index in [0.717, 1.165) is 34.8 Å². The van der Waals surface area contributed by atoms with Crippen LogP contribution in [0.5, 0.6) is 0 Å². The maximum Gasteiger partial charge on any atom is 0.159 e. The molecule has 4 heteroatoms. The molecule has 1 aliphatic rings. The van der Waals surface area contributed by atoms with E-state index in [1.807, 2.05) is 18.5 Å². The van der Waals surface area contributed by atoms with Crippen LogP contribution in [0.2, 0.25) is 0 Å². The van der Waals surface area contributed by atoms with Crippen molar-refractivity contribution in [3.05, 3.63) is 102 Å². The summed E-state index contributed by atoms with van der Waals surface area (Å²) in [6, 6.07) is 23.3. The van der Waals surface area contributed by atoms with Gasteiger partial charge in [-0.2, -0.15) is 5.10 Å². The average molecular weight is 378 g/mol. The molecule has 2 aromatic carbocycles. The Kier molecular flexibility index (Phi) is 4.32. The monoisotopic (exact) mass is 378 g/mol. The highest BCUT2D eigenvalue weighted by atomic mass is 15.4. The topological polar surface area (TPSA) is 43.1 Å². The van der Waals surface area contributed by atoms with Crippen LogP contribution in [0.4, 0.5) is 5.82 Å². The van der Waals surface area contributed by atoms with Crippen molar-refractivity contribution >= 4 is 11.5 Å². The van der Waals surface area contributed by atoms with E-state index in [9.17, 15) is 0 Å². The van der Waals surface area contributed by atoms with Crippen LogP contribution >= 0.6 is 0 Å². The van der Waals surface area contributed by atoms with Gasteiger partial charge in [-0.05, 0) is 42.7 Å². The largest absolute Gasteiger partial charge is 0.265 e. The van der Waals surface area contributed by atoms with E-state index in [2.05, 4.69) is 84.2 Å². The zero-order valence-corrected chi connectivity index (χ0v) is 16.6. The molecule has 0 aliphatic carbocycles. The number of hydrogen-bond acceptors (Lipinski definition) is 3. The lowest BCUT2D eigenvalue weighted by atomic mass is 9.95. The maximum atomic E-state index is 5.12. The molecule has 0 spiro atoms. The van der Waals surface area contributed by atoms with Gasteiger partial charge in [-0.25, -0.2) is 9.67 Å². The first-order chi connectivity index (χ1) is 14.2. The zero-order chi connectivity index (χ0) is 19.8. The fraction of sp³-hybridized carbons (Fsp3) is 0.160. The number of aliphatic imine (C=N–C) groups is 1. The van der Waals surface area contributed by atoms with Crippen molar-refractivity contribution in [2.24, 2.45) is 4.99 Å². The van der Waals surface area contributed by atoms with Crippen LogP contribution in [0.25, 0.3) is 11.1 Å². The molecule has 1 atom stereocenters. The Morgan fingerprint density at radius 1 is 0.828 bits per heavy atom. The second-order valence-corrected chi connectivity index (χ2v) is 7.52. The van der Waals surface area contributed by atoms with Gasteiger partial charge < -0.3 is 0 Å². The molecule has 3 heterocycles. The van der Waals surface area contributed by atoms with Gasteiger partial charge in [0.2, 0.25) is 0 Å². The second-order valence-electron chi connectivity index (χ2n) is 7.52. The van der Waals surface area contributed by atoms with Crippen LogP contribution in [0.3, 0.4) is 0 Å². The Labute approximate surface area is 170 Å². The van der Waals surface area contributed by atoms with Crippen molar-refractivity contribution in [3.63, 3.8) is 0 Å². The summed E-state index contributed by atoms with van der Waals surface area (Å²) < 4.78 is 2.09. The lowest BCUT2D eigenvalue weighted by Gasteiger charge is -2.25. The molecule has 0 N–H and O–H groups in total. The summed E-state index contributed by atoms with van der Waals surface area (Å²) in [6.07, 6.45) is 4.50. The predicted molar refractivity (Wildman–Crippen MR) is 117 cm³/mol. The lowest BCUT2D eigenvalue weighted by molar-refractivity contribution is 0.529. The summed E-state index contributed by atoms with van der Waals surface area (Å²) >= 11 is 0. The summed E-state index contributed by atoms with van der Waals surface area (Å²) in [5.74, 6) is 0.928. The molecule has 0 fully saturated rings. The molecule has 0 bridgehead atoms. The number of hydrogen-bond donors (Lipinski definition) is 0. The predicted octanol–water partition coefficient (Wildman–Crippen LogP) is 5.68. The van der Waals surface area contributed by atoms with E-state index in [1.165, 1.54) is 16.7 Å². The minimum Gasteiger partial charge on any atom is -0.265 e. The van der Waals surface area contributed by atoms with Gasteiger partial charge in [0, 0.05) is 24.4 Å². The molecule has 2 aromatic heterocycles. The maximum absolute atomic E-state index is 5.12. The van der Waals surface area contributed by atoms with Crippen molar-refractivity contribution in [2.45, 2.75) is 26.3 Å². The number of aromatic nitrogens is 3. The highest BCUT2D eigenvalue weighted by molar-refractivity contribution is 6.04. The van der Waals surface area contributed by atoms with Crippen LogP contribution < -0.4 is 0 Å². The minimum atomic E-state index is 0.0953. The summed E-state index contributed by atoms with van der Waals surface area (Å²) in [4.78, 5) is 9.31. The van der Waals surface area contributed by atoms with Gasteiger partial charge in [-0.3, -0.25) is 4.98 Å². The number of nitrogens with zero attached hydrogens (tertiary/aromatic N) is 4. The summed E-state index contributed by atoms with van der Waals surface area (Å²) in [6.45, 7) is 4.18. The molecular formula is C25H22N4. The normalized spacial score (nSPS) is 15.7. The highest BCUT2D eigenvalue weighted by Crippen LogP contribution is 2.41. The third kappa shape index (κ3) is 3.17. The summed E-state index contributed by atoms with van der Waals surface area (Å²) in [5, 5.41) is 4.92. The van der Waals surface area contributed by atoms with Gasteiger partial charge >= 0.3 is 0 Å². The molecular weight excluding hydrogens is 356 g/mol. The van der Waals surface area contributed by atoms with Crippen LogP contribution in [0, 0.1) is 13.8 Å². The van der Waals surface area contributed by atoms with Gasteiger partial charge in [0.15, 0.2) is 5.82 Å². The first kappa shape index (κ1) is 17.6. The van der Waals surface area contributed by atoms with E-state index in [-0.39, 0.29) is 6.04 Å². The van der Waals surface area contributed by atoms with Gasteiger partial charge in [-0.1, -0.05) is 60.2 Å². The second kappa shape index (κ2) is 7.13. The number of aryl methyl sites for hydroxylation is 2. The molecule has 1 aliphatic heterocycles. The fourth-order valence-corrected chi connectivity index (χ4v) is 4.02. The van der Waals surface area contributed by atoms with Crippen LogP contribution in [0.1, 0.15) is 34.8 Å². The Bertz CT molecular complexity index is 1170. The SMILES string of the molecule is Cc1ccc(C2=Nc3c(-c4ccccc4)c(C)nn3C(c3ccncc3)C2)cc1. The Hall–Kier alpha value is -3.53. The lowest BCUT2D eigenvalue weighted by Crippen LogP contribution is -2.21. The Morgan fingerprint density at radius 2 is 1.55 bits per heavy atom. The third-order valence-electron chi connectivity index (χ3n) is 5.52. The van der Waals surface area contributed by atoms with E-state index in [4.69, 9.17) is 10.1 Å². The van der Waals surface area contributed by atoms with Crippen molar-refractivity contribution in [2.75, 3.05) is 0 Å². The fourth-order valence-electron chi connectivity index (χ4n) is 4.02. The molecule has 0 radical (unpaired) electrons. The molecule has 0 amide bonds. The van der Waals surface area contributed by atoms with Crippen molar-refractivity contribution < 1.29 is 0 Å². The third-order valence-corrected chi connectivity index (χ3v) is 5.52. The van der Waals surface area contributed by atoms with Gasteiger partial charge in [0.1, 0.15) is 0 Å². The summed E-state index contributed by atoms with van der Waals surface area (Å²) in [7, 11) is 0. The standard InChI is InChI=1S/C25H22N4/c1-17-8-10-19(11-9-17)22-16-23(20-12-14-26-15-13-20)29-25(27-22)24(18(2)28-29)21-6-4-3-5-7-21/h3-15,23H,16H2,1-2H3. The molecule has 142 valence electrons. The number of pyridine rings is 1. The van der Waals surface area contributed by atoms with Gasteiger partial charge in [-0.15, -0.1) is 0 Å². The summed E-state index contributed by atoms with van der Waals surface area (Å²) in [5.41, 5.74) is 7.96. The van der Waals surface area contributed by atoms with E-state index >= 15 is 0 Å². The average Bonchev–Trinajstić information content (AvgIpc) is 3.10. The van der Waals surface area contributed by atoms with Gasteiger partial charge in [0.05, 0.1) is 17.4 Å². The minimum absolute atomic E-state index is 0.0953. The Balaban J connectivity index is 1.72. The highest BCUT2D eigenvalue weighted by Gasteiger charge is 2.29.